The molecule has 0 aromatic heterocycles. The van der Waals surface area contributed by atoms with E-state index in [4.69, 9.17) is 19.3 Å². The first kappa shape index (κ1) is 17.9. The Hall–Kier alpha value is -1.18. The van der Waals surface area contributed by atoms with Crippen LogP contribution in [0.3, 0.4) is 0 Å². The van der Waals surface area contributed by atoms with Gasteiger partial charge in [-0.2, -0.15) is 0 Å². The molecular weight excluding hydrogens is 278 g/mol. The molecule has 0 radical (unpaired) electrons. The first-order valence-corrected chi connectivity index (χ1v) is 7.42. The van der Waals surface area contributed by atoms with Gasteiger partial charge in [0.05, 0.1) is 13.2 Å². The summed E-state index contributed by atoms with van der Waals surface area (Å²) in [6.45, 7) is 6.78. The van der Waals surface area contributed by atoms with E-state index in [0.29, 0.717) is 52.4 Å². The van der Waals surface area contributed by atoms with Crippen LogP contribution in [0.4, 0.5) is 0 Å². The summed E-state index contributed by atoms with van der Waals surface area (Å²) >= 11 is 0. The molecule has 0 saturated carbocycles. The second-order valence-corrected chi connectivity index (χ2v) is 4.75. The van der Waals surface area contributed by atoms with Gasteiger partial charge in [-0.25, -0.2) is 4.79 Å². The van der Waals surface area contributed by atoms with Crippen LogP contribution in [0.25, 0.3) is 0 Å². The van der Waals surface area contributed by atoms with Crippen molar-refractivity contribution in [3.8, 4) is 0 Å². The normalized spacial score (nSPS) is 21.4. The average Bonchev–Trinajstić information content (AvgIpc) is 2.95. The lowest BCUT2D eigenvalue weighted by molar-refractivity contribution is -0.155. The van der Waals surface area contributed by atoms with Crippen molar-refractivity contribution in [2.24, 2.45) is 0 Å². The molecule has 1 rings (SSSR count). The van der Waals surface area contributed by atoms with E-state index in [-0.39, 0.29) is 5.91 Å². The zero-order valence-corrected chi connectivity index (χ0v) is 12.7. The number of aliphatic carboxylic acids is 1. The summed E-state index contributed by atoms with van der Waals surface area (Å²) < 4.78 is 15.9. The van der Waals surface area contributed by atoms with E-state index >= 15 is 0 Å². The molecule has 0 aliphatic carbocycles. The van der Waals surface area contributed by atoms with Crippen LogP contribution >= 0.6 is 0 Å². The number of ether oxygens (including phenoxy) is 3. The summed E-state index contributed by atoms with van der Waals surface area (Å²) in [5.74, 6) is -1.20. The summed E-state index contributed by atoms with van der Waals surface area (Å²) in [6.07, 6.45) is -0.736. The van der Waals surface area contributed by atoms with Crippen molar-refractivity contribution in [1.82, 2.24) is 4.90 Å². The highest BCUT2D eigenvalue weighted by molar-refractivity contribution is 5.82. The van der Waals surface area contributed by atoms with Gasteiger partial charge in [-0.05, 0) is 26.7 Å². The van der Waals surface area contributed by atoms with Crippen LogP contribution in [-0.2, 0) is 23.8 Å². The molecule has 122 valence electrons. The Labute approximate surface area is 125 Å². The highest BCUT2D eigenvalue weighted by Crippen LogP contribution is 2.21. The lowest BCUT2D eigenvalue weighted by Gasteiger charge is -2.25. The van der Waals surface area contributed by atoms with Crippen molar-refractivity contribution in [2.75, 3.05) is 39.5 Å². The van der Waals surface area contributed by atoms with Gasteiger partial charge in [-0.1, -0.05) is 0 Å². The molecule has 21 heavy (non-hydrogen) atoms. The lowest BCUT2D eigenvalue weighted by atomic mass is 10.2. The number of hydrogen-bond donors (Lipinski definition) is 1. The average molecular weight is 303 g/mol. The number of carbonyl (C=O) groups excluding carboxylic acids is 1. The van der Waals surface area contributed by atoms with Crippen molar-refractivity contribution in [3.05, 3.63) is 0 Å². The predicted octanol–water partition coefficient (Wildman–Crippen LogP) is 0.520. The molecule has 0 aromatic carbocycles. The van der Waals surface area contributed by atoms with Gasteiger partial charge in [0, 0.05) is 26.3 Å². The van der Waals surface area contributed by atoms with Crippen molar-refractivity contribution >= 4 is 11.9 Å². The summed E-state index contributed by atoms with van der Waals surface area (Å²) in [4.78, 5) is 24.9. The number of amides is 1. The fraction of sp³-hybridized carbons (Fsp3) is 0.857. The van der Waals surface area contributed by atoms with E-state index in [1.54, 1.807) is 4.90 Å². The van der Waals surface area contributed by atoms with Crippen LogP contribution in [0.2, 0.25) is 0 Å². The molecule has 2 unspecified atom stereocenters. The minimum atomic E-state index is -1.01. The molecule has 0 bridgehead atoms. The van der Waals surface area contributed by atoms with Crippen molar-refractivity contribution in [1.29, 1.82) is 0 Å². The fourth-order valence-corrected chi connectivity index (χ4v) is 2.17. The molecule has 1 fully saturated rings. The maximum absolute atomic E-state index is 12.4. The minimum absolute atomic E-state index is 0.182. The van der Waals surface area contributed by atoms with Gasteiger partial charge in [0.25, 0.3) is 5.91 Å². The van der Waals surface area contributed by atoms with Crippen LogP contribution in [0, 0.1) is 0 Å². The largest absolute Gasteiger partial charge is 0.479 e. The molecule has 1 N–H and O–H groups in total. The molecular formula is C14H25NO6. The highest BCUT2D eigenvalue weighted by Gasteiger charge is 2.36. The highest BCUT2D eigenvalue weighted by atomic mass is 16.5. The topological polar surface area (TPSA) is 85.3 Å². The van der Waals surface area contributed by atoms with E-state index in [9.17, 15) is 9.59 Å². The molecule has 2 atom stereocenters. The van der Waals surface area contributed by atoms with Gasteiger partial charge in [0.1, 0.15) is 6.10 Å². The summed E-state index contributed by atoms with van der Waals surface area (Å²) in [7, 11) is 0. The molecule has 7 nitrogen and oxygen atoms in total. The second-order valence-electron chi connectivity index (χ2n) is 4.75. The maximum Gasteiger partial charge on any atom is 0.332 e. The molecule has 1 saturated heterocycles. The first-order chi connectivity index (χ1) is 10.1. The van der Waals surface area contributed by atoms with Crippen LogP contribution < -0.4 is 0 Å². The molecule has 7 heteroatoms. The Morgan fingerprint density at radius 1 is 1.10 bits per heavy atom. The van der Waals surface area contributed by atoms with Crippen LogP contribution in [-0.4, -0.2) is 73.6 Å². The third-order valence-electron chi connectivity index (χ3n) is 3.30. The van der Waals surface area contributed by atoms with E-state index in [2.05, 4.69) is 0 Å². The quantitative estimate of drug-likeness (QED) is 0.592. The van der Waals surface area contributed by atoms with Gasteiger partial charge in [0.15, 0.2) is 6.10 Å². The smallest absolute Gasteiger partial charge is 0.332 e. The number of nitrogens with zero attached hydrogens (tertiary/aromatic N) is 1. The zero-order valence-electron chi connectivity index (χ0n) is 12.7. The number of carboxylic acids is 1. The first-order valence-electron chi connectivity index (χ1n) is 7.42. The third kappa shape index (κ3) is 5.99. The minimum Gasteiger partial charge on any atom is -0.479 e. The third-order valence-corrected chi connectivity index (χ3v) is 3.30. The lowest BCUT2D eigenvalue weighted by Crippen LogP contribution is -2.43. The van der Waals surface area contributed by atoms with Gasteiger partial charge in [-0.3, -0.25) is 4.79 Å². The maximum atomic E-state index is 12.4. The van der Waals surface area contributed by atoms with E-state index in [0.717, 1.165) is 0 Å². The summed E-state index contributed by atoms with van der Waals surface area (Å²) in [5.41, 5.74) is 0. The molecule has 1 amide bonds. The monoisotopic (exact) mass is 303 g/mol. The number of carboxylic acid groups (broad SMARTS) is 1. The van der Waals surface area contributed by atoms with Gasteiger partial charge < -0.3 is 24.2 Å². The SMILES string of the molecule is CCOCCN(CCOCC)C(=O)C1CCC(C(=O)O)O1. The van der Waals surface area contributed by atoms with E-state index < -0.39 is 18.2 Å². The number of carbonyl (C=O) groups is 2. The van der Waals surface area contributed by atoms with Gasteiger partial charge in [-0.15, -0.1) is 0 Å². The molecule has 1 aliphatic rings. The van der Waals surface area contributed by atoms with Crippen molar-refractivity contribution < 1.29 is 28.9 Å². The zero-order chi connectivity index (χ0) is 15.7. The van der Waals surface area contributed by atoms with Crippen molar-refractivity contribution in [3.63, 3.8) is 0 Å². The summed E-state index contributed by atoms with van der Waals surface area (Å²) in [5, 5.41) is 8.91. The fourth-order valence-electron chi connectivity index (χ4n) is 2.17. The Morgan fingerprint density at radius 3 is 2.05 bits per heavy atom. The van der Waals surface area contributed by atoms with Crippen LogP contribution in [0.15, 0.2) is 0 Å². The van der Waals surface area contributed by atoms with Crippen LogP contribution in [0.1, 0.15) is 26.7 Å². The summed E-state index contributed by atoms with van der Waals surface area (Å²) in [6, 6.07) is 0. The van der Waals surface area contributed by atoms with E-state index in [1.165, 1.54) is 0 Å². The molecule has 1 heterocycles. The number of rotatable bonds is 10. The van der Waals surface area contributed by atoms with Gasteiger partial charge >= 0.3 is 5.97 Å². The predicted molar refractivity (Wildman–Crippen MR) is 75.1 cm³/mol. The Bertz CT molecular complexity index is 325. The van der Waals surface area contributed by atoms with Gasteiger partial charge in [0.2, 0.25) is 0 Å². The molecule has 0 aromatic rings. The molecule has 1 aliphatic heterocycles. The number of hydrogen-bond acceptors (Lipinski definition) is 5. The van der Waals surface area contributed by atoms with Crippen LogP contribution in [0.5, 0.6) is 0 Å². The standard InChI is InChI=1S/C14H25NO6/c1-3-19-9-7-15(8-10-20-4-2)13(16)11-5-6-12(21-11)14(17)18/h11-12H,3-10H2,1-2H3,(H,17,18). The Morgan fingerprint density at radius 2 is 1.62 bits per heavy atom. The molecule has 0 spiro atoms. The second kappa shape index (κ2) is 9.70. The Balaban J connectivity index is 2.50. The van der Waals surface area contributed by atoms with Crippen molar-refractivity contribution in [2.45, 2.75) is 38.9 Å². The van der Waals surface area contributed by atoms with E-state index in [1.807, 2.05) is 13.8 Å². The Kier molecular flexibility index (Phi) is 8.26.